The molecule has 0 aliphatic carbocycles. The summed E-state index contributed by atoms with van der Waals surface area (Å²) in [5, 5.41) is 11.6. The van der Waals surface area contributed by atoms with Crippen LogP contribution in [0, 0.1) is 6.92 Å². The molecule has 0 aromatic carbocycles. The third-order valence-electron chi connectivity index (χ3n) is 4.37. The lowest BCUT2D eigenvalue weighted by molar-refractivity contribution is 0.0873. The molecule has 1 atom stereocenters. The Hall–Kier alpha value is -1.17. The Morgan fingerprint density at radius 2 is 2.29 bits per heavy atom. The molecule has 3 heterocycles. The Kier molecular flexibility index (Phi) is 4.73. The predicted molar refractivity (Wildman–Crippen MR) is 86.6 cm³/mol. The number of aliphatic hydroxyl groups is 1. The molecule has 0 radical (unpaired) electrons. The first-order valence-electron chi connectivity index (χ1n) is 7.70. The van der Waals surface area contributed by atoms with Gasteiger partial charge in [0.15, 0.2) is 0 Å². The van der Waals surface area contributed by atoms with Gasteiger partial charge in [-0.25, -0.2) is 4.98 Å². The van der Waals surface area contributed by atoms with Gasteiger partial charge in [0.25, 0.3) is 0 Å². The maximum Gasteiger partial charge on any atom is 0.150 e. The summed E-state index contributed by atoms with van der Waals surface area (Å²) in [5.41, 5.74) is 1.29. The highest BCUT2D eigenvalue weighted by molar-refractivity contribution is 7.13. The second-order valence-corrected chi connectivity index (χ2v) is 6.66. The summed E-state index contributed by atoms with van der Waals surface area (Å²) in [6.07, 6.45) is 7.56. The molecule has 1 fully saturated rings. The van der Waals surface area contributed by atoms with E-state index in [9.17, 15) is 5.11 Å². The van der Waals surface area contributed by atoms with Gasteiger partial charge in [-0.15, -0.1) is 11.3 Å². The number of piperidine rings is 1. The van der Waals surface area contributed by atoms with Crippen molar-refractivity contribution in [3.05, 3.63) is 29.4 Å². The van der Waals surface area contributed by atoms with Crippen molar-refractivity contribution >= 4 is 11.3 Å². The third kappa shape index (κ3) is 3.20. The van der Waals surface area contributed by atoms with E-state index in [0.29, 0.717) is 6.04 Å². The molecule has 1 unspecified atom stereocenters. The Balaban J connectivity index is 1.69. The molecule has 0 bridgehead atoms. The van der Waals surface area contributed by atoms with E-state index in [4.69, 9.17) is 0 Å². The molecule has 0 amide bonds. The van der Waals surface area contributed by atoms with Crippen LogP contribution in [0.3, 0.4) is 0 Å². The topological polar surface area (TPSA) is 41.3 Å². The van der Waals surface area contributed by atoms with Crippen LogP contribution in [0.1, 0.15) is 24.8 Å². The second kappa shape index (κ2) is 6.73. The van der Waals surface area contributed by atoms with Crippen molar-refractivity contribution in [3.63, 3.8) is 0 Å². The highest BCUT2D eigenvalue weighted by Crippen LogP contribution is 2.27. The molecule has 1 N–H and O–H groups in total. The Labute approximate surface area is 130 Å². The van der Waals surface area contributed by atoms with Gasteiger partial charge in [-0.1, -0.05) is 6.42 Å². The van der Waals surface area contributed by atoms with Gasteiger partial charge in [-0.2, -0.15) is 0 Å². The summed E-state index contributed by atoms with van der Waals surface area (Å²) in [4.78, 5) is 8.21. The monoisotopic (exact) mass is 305 g/mol. The Morgan fingerprint density at radius 3 is 3.05 bits per heavy atom. The summed E-state index contributed by atoms with van der Waals surface area (Å²) in [6.45, 7) is 5.44. The Bertz CT molecular complexity index is 578. The van der Waals surface area contributed by atoms with E-state index < -0.39 is 0 Å². The van der Waals surface area contributed by atoms with E-state index in [2.05, 4.69) is 39.0 Å². The van der Waals surface area contributed by atoms with Gasteiger partial charge < -0.3 is 9.67 Å². The van der Waals surface area contributed by atoms with Crippen molar-refractivity contribution in [1.29, 1.82) is 0 Å². The van der Waals surface area contributed by atoms with Gasteiger partial charge >= 0.3 is 0 Å². The van der Waals surface area contributed by atoms with Crippen LogP contribution in [0.2, 0.25) is 0 Å². The van der Waals surface area contributed by atoms with Crippen molar-refractivity contribution < 1.29 is 5.11 Å². The van der Waals surface area contributed by atoms with Crippen LogP contribution >= 0.6 is 11.3 Å². The maximum atomic E-state index is 9.50. The number of aliphatic hydroxyl groups excluding tert-OH is 1. The fraction of sp³-hybridized carbons (Fsp3) is 0.562. The first-order chi connectivity index (χ1) is 10.3. The fourth-order valence-corrected chi connectivity index (χ4v) is 4.04. The Morgan fingerprint density at radius 1 is 1.38 bits per heavy atom. The van der Waals surface area contributed by atoms with Gasteiger partial charge in [0.2, 0.25) is 0 Å². The molecule has 21 heavy (non-hydrogen) atoms. The molecule has 5 heteroatoms. The van der Waals surface area contributed by atoms with Gasteiger partial charge in [0.05, 0.1) is 11.5 Å². The quantitative estimate of drug-likeness (QED) is 0.923. The van der Waals surface area contributed by atoms with Crippen LogP contribution in [0.25, 0.3) is 10.7 Å². The van der Waals surface area contributed by atoms with E-state index >= 15 is 0 Å². The molecule has 1 saturated heterocycles. The van der Waals surface area contributed by atoms with Crippen LogP contribution in [-0.2, 0) is 6.54 Å². The normalized spacial score (nSPS) is 20.0. The standard InChI is InChI=1S/C16H23N3OS/c1-13-5-11-21-15(13)16-17-6-8-19(16)10-9-18-7-3-2-4-14(18)12-20/h5-6,8,11,14,20H,2-4,7,9-10,12H2,1H3. The predicted octanol–water partition coefficient (Wildman–Crippen LogP) is 2.77. The van der Waals surface area contributed by atoms with E-state index in [-0.39, 0.29) is 6.61 Å². The van der Waals surface area contributed by atoms with E-state index in [1.54, 1.807) is 11.3 Å². The zero-order valence-electron chi connectivity index (χ0n) is 12.5. The lowest BCUT2D eigenvalue weighted by Gasteiger charge is -2.34. The summed E-state index contributed by atoms with van der Waals surface area (Å²) in [7, 11) is 0. The van der Waals surface area contributed by atoms with Gasteiger partial charge in [0.1, 0.15) is 5.82 Å². The summed E-state index contributed by atoms with van der Waals surface area (Å²) < 4.78 is 2.24. The lowest BCUT2D eigenvalue weighted by Crippen LogP contribution is -2.43. The molecule has 3 rings (SSSR count). The number of likely N-dealkylation sites (tertiary alicyclic amines) is 1. The molecular formula is C16H23N3OS. The molecule has 4 nitrogen and oxygen atoms in total. The molecule has 114 valence electrons. The van der Waals surface area contributed by atoms with Crippen molar-refractivity contribution in [2.75, 3.05) is 19.7 Å². The molecule has 1 aliphatic heterocycles. The van der Waals surface area contributed by atoms with Crippen molar-refractivity contribution in [2.24, 2.45) is 0 Å². The number of hydrogen-bond donors (Lipinski definition) is 1. The van der Waals surface area contributed by atoms with Gasteiger partial charge in [-0.05, 0) is 43.3 Å². The van der Waals surface area contributed by atoms with Crippen LogP contribution in [0.4, 0.5) is 0 Å². The first-order valence-corrected chi connectivity index (χ1v) is 8.58. The van der Waals surface area contributed by atoms with Crippen LogP contribution in [0.15, 0.2) is 23.8 Å². The number of aryl methyl sites for hydroxylation is 1. The van der Waals surface area contributed by atoms with Gasteiger partial charge in [0, 0.05) is 31.5 Å². The highest BCUT2D eigenvalue weighted by atomic mass is 32.1. The van der Waals surface area contributed by atoms with Crippen molar-refractivity contribution in [1.82, 2.24) is 14.5 Å². The average molecular weight is 305 g/mol. The molecular weight excluding hydrogens is 282 g/mol. The first kappa shape index (κ1) is 14.8. The number of nitrogens with zero attached hydrogens (tertiary/aromatic N) is 3. The highest BCUT2D eigenvalue weighted by Gasteiger charge is 2.21. The smallest absolute Gasteiger partial charge is 0.150 e. The zero-order valence-corrected chi connectivity index (χ0v) is 13.4. The largest absolute Gasteiger partial charge is 0.395 e. The number of thiophene rings is 1. The number of imidazole rings is 1. The third-order valence-corrected chi connectivity index (χ3v) is 5.38. The molecule has 1 aliphatic rings. The lowest BCUT2D eigenvalue weighted by atomic mass is 10.0. The van der Waals surface area contributed by atoms with E-state index in [1.807, 2.05) is 6.20 Å². The second-order valence-electron chi connectivity index (χ2n) is 5.75. The molecule has 2 aromatic heterocycles. The number of aromatic nitrogens is 2. The fourth-order valence-electron chi connectivity index (χ4n) is 3.10. The average Bonchev–Trinajstić information content (AvgIpc) is 3.13. The summed E-state index contributed by atoms with van der Waals surface area (Å²) >= 11 is 1.75. The van der Waals surface area contributed by atoms with Crippen molar-refractivity contribution in [2.45, 2.75) is 38.8 Å². The van der Waals surface area contributed by atoms with E-state index in [1.165, 1.54) is 23.3 Å². The zero-order chi connectivity index (χ0) is 14.7. The minimum atomic E-state index is 0.279. The van der Waals surface area contributed by atoms with Crippen LogP contribution in [-0.4, -0.2) is 45.3 Å². The summed E-state index contributed by atoms with van der Waals surface area (Å²) in [5.74, 6) is 1.07. The minimum Gasteiger partial charge on any atom is -0.395 e. The maximum absolute atomic E-state index is 9.50. The molecule has 0 spiro atoms. The van der Waals surface area contributed by atoms with Crippen LogP contribution < -0.4 is 0 Å². The summed E-state index contributed by atoms with van der Waals surface area (Å²) in [6, 6.07) is 2.49. The van der Waals surface area contributed by atoms with Gasteiger partial charge in [-0.3, -0.25) is 4.90 Å². The number of hydrogen-bond acceptors (Lipinski definition) is 4. The molecule has 2 aromatic rings. The SMILES string of the molecule is Cc1ccsc1-c1nccn1CCN1CCCCC1CO. The van der Waals surface area contributed by atoms with Crippen molar-refractivity contribution in [3.8, 4) is 10.7 Å². The minimum absolute atomic E-state index is 0.279. The van der Waals surface area contributed by atoms with E-state index in [0.717, 1.165) is 31.9 Å². The number of rotatable bonds is 5. The molecule has 0 saturated carbocycles. The van der Waals surface area contributed by atoms with Crippen LogP contribution in [0.5, 0.6) is 0 Å².